The lowest BCUT2D eigenvalue weighted by Gasteiger charge is -2.31. The predicted molar refractivity (Wildman–Crippen MR) is 93.2 cm³/mol. The Morgan fingerprint density at radius 3 is 2.59 bits per heavy atom. The summed E-state index contributed by atoms with van der Waals surface area (Å²) in [5, 5.41) is 3.85. The van der Waals surface area contributed by atoms with E-state index in [0.717, 1.165) is 11.8 Å². The van der Waals surface area contributed by atoms with Crippen LogP contribution in [0.1, 0.15) is 81.8 Å². The lowest BCUT2D eigenvalue weighted by Crippen LogP contribution is -2.40. The molecule has 122 valence electrons. The van der Waals surface area contributed by atoms with Crippen molar-refractivity contribution < 1.29 is 0 Å². The van der Waals surface area contributed by atoms with E-state index in [4.69, 9.17) is 0 Å². The fraction of sp³-hybridized carbons (Fsp3) is 0.750. The Balaban J connectivity index is 1.41. The molecule has 0 radical (unpaired) electrons. The SMILES string of the molecule is Cc1ccncc1C1CCC(CCNC2(C)CCCC2)CC1. The standard InChI is InChI=1S/C20H32N2/c1-16-9-13-21-15-19(16)18-7-5-17(6-8-18)10-14-22-20(2)11-3-4-12-20/h9,13,15,17-18,22H,3-8,10-12,14H2,1-2H3. The van der Waals surface area contributed by atoms with Crippen LogP contribution in [0.5, 0.6) is 0 Å². The minimum atomic E-state index is 0.448. The van der Waals surface area contributed by atoms with Crippen LogP contribution in [0.15, 0.2) is 18.5 Å². The van der Waals surface area contributed by atoms with E-state index >= 15 is 0 Å². The van der Waals surface area contributed by atoms with Gasteiger partial charge in [0.25, 0.3) is 0 Å². The number of pyridine rings is 1. The first-order chi connectivity index (χ1) is 10.7. The molecule has 0 amide bonds. The average Bonchev–Trinajstić information content (AvgIpc) is 2.96. The normalized spacial score (nSPS) is 27.9. The third-order valence-corrected chi connectivity index (χ3v) is 6.18. The summed E-state index contributed by atoms with van der Waals surface area (Å²) >= 11 is 0. The van der Waals surface area contributed by atoms with Gasteiger partial charge >= 0.3 is 0 Å². The Labute approximate surface area is 136 Å². The molecule has 2 nitrogen and oxygen atoms in total. The lowest BCUT2D eigenvalue weighted by atomic mass is 9.77. The zero-order chi connectivity index (χ0) is 15.4. The molecular formula is C20H32N2. The van der Waals surface area contributed by atoms with Gasteiger partial charge in [0.1, 0.15) is 0 Å². The number of hydrogen-bond donors (Lipinski definition) is 1. The maximum Gasteiger partial charge on any atom is 0.0305 e. The first-order valence-electron chi connectivity index (χ1n) is 9.32. The zero-order valence-corrected chi connectivity index (χ0v) is 14.4. The van der Waals surface area contributed by atoms with Crippen molar-refractivity contribution in [1.82, 2.24) is 10.3 Å². The highest BCUT2D eigenvalue weighted by Crippen LogP contribution is 2.38. The number of nitrogens with one attached hydrogen (secondary N) is 1. The van der Waals surface area contributed by atoms with Gasteiger partial charge in [0, 0.05) is 17.9 Å². The first-order valence-corrected chi connectivity index (χ1v) is 9.32. The smallest absolute Gasteiger partial charge is 0.0305 e. The molecule has 2 saturated carbocycles. The van der Waals surface area contributed by atoms with E-state index in [1.165, 1.54) is 75.5 Å². The Bertz CT molecular complexity index is 468. The third-order valence-electron chi connectivity index (χ3n) is 6.18. The molecule has 0 bridgehead atoms. The van der Waals surface area contributed by atoms with Crippen molar-refractivity contribution in [2.75, 3.05) is 6.54 Å². The summed E-state index contributed by atoms with van der Waals surface area (Å²) in [6.45, 7) is 5.87. The maximum atomic E-state index is 4.33. The summed E-state index contributed by atoms with van der Waals surface area (Å²) in [6.07, 6.45) is 16.5. The number of hydrogen-bond acceptors (Lipinski definition) is 2. The molecule has 0 unspecified atom stereocenters. The molecule has 2 aliphatic carbocycles. The lowest BCUT2D eigenvalue weighted by molar-refractivity contribution is 0.284. The molecule has 0 spiro atoms. The molecule has 3 rings (SSSR count). The monoisotopic (exact) mass is 300 g/mol. The highest BCUT2D eigenvalue weighted by atomic mass is 15.0. The maximum absolute atomic E-state index is 4.33. The van der Waals surface area contributed by atoms with Crippen LogP contribution in [-0.4, -0.2) is 17.1 Å². The number of nitrogens with zero attached hydrogens (tertiary/aromatic N) is 1. The molecule has 2 fully saturated rings. The Morgan fingerprint density at radius 2 is 1.91 bits per heavy atom. The summed E-state index contributed by atoms with van der Waals surface area (Å²) in [5.74, 6) is 1.69. The van der Waals surface area contributed by atoms with Crippen LogP contribution in [0.3, 0.4) is 0 Å². The summed E-state index contributed by atoms with van der Waals surface area (Å²) < 4.78 is 0. The molecule has 1 heterocycles. The van der Waals surface area contributed by atoms with Crippen molar-refractivity contribution in [3.05, 3.63) is 29.6 Å². The van der Waals surface area contributed by atoms with Gasteiger partial charge in [-0.2, -0.15) is 0 Å². The zero-order valence-electron chi connectivity index (χ0n) is 14.4. The second-order valence-electron chi connectivity index (χ2n) is 7.93. The van der Waals surface area contributed by atoms with Gasteiger partial charge in [-0.25, -0.2) is 0 Å². The van der Waals surface area contributed by atoms with E-state index in [2.05, 4.69) is 36.4 Å². The van der Waals surface area contributed by atoms with E-state index < -0.39 is 0 Å². The number of aryl methyl sites for hydroxylation is 1. The minimum Gasteiger partial charge on any atom is -0.312 e. The van der Waals surface area contributed by atoms with Gasteiger partial charge in [-0.3, -0.25) is 4.98 Å². The first kappa shape index (κ1) is 16.0. The fourth-order valence-corrected chi connectivity index (χ4v) is 4.58. The highest BCUT2D eigenvalue weighted by Gasteiger charge is 2.28. The molecule has 1 aromatic rings. The topological polar surface area (TPSA) is 24.9 Å². The molecule has 0 aliphatic heterocycles. The molecule has 2 aliphatic rings. The van der Waals surface area contributed by atoms with Gasteiger partial charge in [0.2, 0.25) is 0 Å². The molecule has 1 N–H and O–H groups in total. The van der Waals surface area contributed by atoms with Crippen LogP contribution < -0.4 is 5.32 Å². The molecule has 22 heavy (non-hydrogen) atoms. The summed E-state index contributed by atoms with van der Waals surface area (Å²) in [5.41, 5.74) is 3.37. The molecule has 0 saturated heterocycles. The van der Waals surface area contributed by atoms with Gasteiger partial charge in [-0.15, -0.1) is 0 Å². The number of rotatable bonds is 5. The molecule has 1 aromatic heterocycles. The van der Waals surface area contributed by atoms with Crippen molar-refractivity contribution in [2.24, 2.45) is 5.92 Å². The Hall–Kier alpha value is -0.890. The molecule has 0 atom stereocenters. The fourth-order valence-electron chi connectivity index (χ4n) is 4.58. The third kappa shape index (κ3) is 3.90. The number of aromatic nitrogens is 1. The van der Waals surface area contributed by atoms with Crippen LogP contribution in [0.2, 0.25) is 0 Å². The summed E-state index contributed by atoms with van der Waals surface area (Å²) in [7, 11) is 0. The van der Waals surface area contributed by atoms with Gasteiger partial charge < -0.3 is 5.32 Å². The van der Waals surface area contributed by atoms with E-state index in [9.17, 15) is 0 Å². The van der Waals surface area contributed by atoms with Crippen LogP contribution in [0.4, 0.5) is 0 Å². The van der Waals surface area contributed by atoms with E-state index in [1.807, 2.05) is 6.20 Å². The van der Waals surface area contributed by atoms with Crippen LogP contribution in [-0.2, 0) is 0 Å². The van der Waals surface area contributed by atoms with Gasteiger partial charge in [-0.05, 0) is 94.4 Å². The van der Waals surface area contributed by atoms with Crippen molar-refractivity contribution in [3.8, 4) is 0 Å². The second kappa shape index (κ2) is 7.12. The van der Waals surface area contributed by atoms with Gasteiger partial charge in [-0.1, -0.05) is 12.8 Å². The Kier molecular flexibility index (Phi) is 5.18. The Morgan fingerprint density at radius 1 is 1.18 bits per heavy atom. The van der Waals surface area contributed by atoms with Crippen molar-refractivity contribution in [2.45, 2.75) is 83.1 Å². The van der Waals surface area contributed by atoms with E-state index in [-0.39, 0.29) is 0 Å². The van der Waals surface area contributed by atoms with E-state index in [0.29, 0.717) is 5.54 Å². The highest BCUT2D eigenvalue weighted by molar-refractivity contribution is 5.25. The second-order valence-corrected chi connectivity index (χ2v) is 7.93. The van der Waals surface area contributed by atoms with Crippen molar-refractivity contribution >= 4 is 0 Å². The van der Waals surface area contributed by atoms with Crippen LogP contribution >= 0.6 is 0 Å². The van der Waals surface area contributed by atoms with Gasteiger partial charge in [0.05, 0.1) is 0 Å². The van der Waals surface area contributed by atoms with Crippen molar-refractivity contribution in [1.29, 1.82) is 0 Å². The summed E-state index contributed by atoms with van der Waals surface area (Å²) in [6, 6.07) is 2.16. The van der Waals surface area contributed by atoms with Crippen LogP contribution in [0, 0.1) is 12.8 Å². The van der Waals surface area contributed by atoms with Crippen molar-refractivity contribution in [3.63, 3.8) is 0 Å². The quantitative estimate of drug-likeness (QED) is 0.830. The largest absolute Gasteiger partial charge is 0.312 e. The molecular weight excluding hydrogens is 268 g/mol. The van der Waals surface area contributed by atoms with E-state index in [1.54, 1.807) is 0 Å². The molecule has 2 heteroatoms. The van der Waals surface area contributed by atoms with Gasteiger partial charge in [0.15, 0.2) is 0 Å². The molecule has 0 aromatic carbocycles. The predicted octanol–water partition coefficient (Wildman–Crippen LogP) is 4.98. The minimum absolute atomic E-state index is 0.448. The average molecular weight is 300 g/mol. The summed E-state index contributed by atoms with van der Waals surface area (Å²) in [4.78, 5) is 4.33. The van der Waals surface area contributed by atoms with Crippen LogP contribution in [0.25, 0.3) is 0 Å².